The summed E-state index contributed by atoms with van der Waals surface area (Å²) in [6.07, 6.45) is -0.0175. The molecule has 140 valence electrons. The summed E-state index contributed by atoms with van der Waals surface area (Å²) in [5, 5.41) is 0.253. The Balaban J connectivity index is 2.33. The van der Waals surface area contributed by atoms with Crippen molar-refractivity contribution in [1.82, 2.24) is 4.72 Å². The van der Waals surface area contributed by atoms with Gasteiger partial charge < -0.3 is 4.74 Å². The van der Waals surface area contributed by atoms with E-state index in [0.717, 1.165) is 7.11 Å². The molecule has 0 bridgehead atoms. The van der Waals surface area contributed by atoms with Gasteiger partial charge in [-0.1, -0.05) is 35.3 Å². The molecule has 0 aliphatic rings. The van der Waals surface area contributed by atoms with Gasteiger partial charge in [0.25, 0.3) is 0 Å². The summed E-state index contributed by atoms with van der Waals surface area (Å²) in [6, 6.07) is 6.79. The van der Waals surface area contributed by atoms with Crippen molar-refractivity contribution in [2.24, 2.45) is 0 Å². The molecule has 1 N–H and O–H groups in total. The van der Waals surface area contributed by atoms with Crippen LogP contribution in [-0.2, 0) is 26.0 Å². The quantitative estimate of drug-likeness (QED) is 0.727. The normalized spacial score (nSPS) is 12.7. The van der Waals surface area contributed by atoms with Crippen molar-refractivity contribution >= 4 is 39.2 Å². The van der Waals surface area contributed by atoms with Gasteiger partial charge in [-0.2, -0.15) is 4.72 Å². The fourth-order valence-electron chi connectivity index (χ4n) is 2.26. The van der Waals surface area contributed by atoms with E-state index in [1.165, 1.54) is 36.4 Å². The van der Waals surface area contributed by atoms with Crippen molar-refractivity contribution in [3.8, 4) is 0 Å². The summed E-state index contributed by atoms with van der Waals surface area (Å²) in [4.78, 5) is 11.8. The predicted octanol–water partition coefficient (Wildman–Crippen LogP) is 3.50. The van der Waals surface area contributed by atoms with E-state index in [1.807, 2.05) is 0 Å². The molecule has 2 rings (SSSR count). The van der Waals surface area contributed by atoms with Crippen LogP contribution in [0.15, 0.2) is 41.3 Å². The lowest BCUT2D eigenvalue weighted by Gasteiger charge is -2.18. The zero-order valence-electron chi connectivity index (χ0n) is 13.9. The van der Waals surface area contributed by atoms with Gasteiger partial charge in [0.15, 0.2) is 0 Å². The first kappa shape index (κ1) is 20.6. The smallest absolute Gasteiger partial charge is 0.324 e. The number of benzene rings is 2. The van der Waals surface area contributed by atoms with E-state index in [0.29, 0.717) is 16.1 Å². The number of carbonyl (C=O) groups is 1. The fraction of sp³-hybridized carbons (Fsp3) is 0.235. The SMILES string of the molecule is COC(=O)C(Cc1ccc(F)cc1)NS(=O)(=O)c1cc(C)c(Cl)cc1Cl. The average molecular weight is 420 g/mol. The molecule has 0 saturated carbocycles. The van der Waals surface area contributed by atoms with Crippen LogP contribution in [0.5, 0.6) is 0 Å². The van der Waals surface area contributed by atoms with E-state index in [-0.39, 0.29) is 16.3 Å². The van der Waals surface area contributed by atoms with E-state index >= 15 is 0 Å². The number of hydrogen-bond donors (Lipinski definition) is 1. The molecule has 1 atom stereocenters. The van der Waals surface area contributed by atoms with Gasteiger partial charge in [0.1, 0.15) is 16.8 Å². The molecule has 5 nitrogen and oxygen atoms in total. The Labute approximate surface area is 161 Å². The number of hydrogen-bond acceptors (Lipinski definition) is 4. The number of rotatable bonds is 6. The third-order valence-corrected chi connectivity index (χ3v) is 5.98. The maximum Gasteiger partial charge on any atom is 0.324 e. The number of aryl methyl sites for hydroxylation is 1. The molecule has 26 heavy (non-hydrogen) atoms. The molecule has 2 aromatic rings. The summed E-state index contributed by atoms with van der Waals surface area (Å²) < 4.78 is 45.4. The molecule has 0 amide bonds. The molecule has 0 radical (unpaired) electrons. The van der Waals surface area contributed by atoms with E-state index in [9.17, 15) is 17.6 Å². The molecule has 0 aliphatic heterocycles. The Hall–Kier alpha value is -1.67. The minimum atomic E-state index is -4.13. The Bertz CT molecular complexity index is 917. The third kappa shape index (κ3) is 4.94. The zero-order valence-corrected chi connectivity index (χ0v) is 16.3. The van der Waals surface area contributed by atoms with Gasteiger partial charge >= 0.3 is 5.97 Å². The molecule has 9 heteroatoms. The van der Waals surface area contributed by atoms with E-state index in [1.54, 1.807) is 6.92 Å². The van der Waals surface area contributed by atoms with Crippen molar-refractivity contribution in [3.05, 3.63) is 63.4 Å². The summed E-state index contributed by atoms with van der Waals surface area (Å²) >= 11 is 11.9. The largest absolute Gasteiger partial charge is 0.468 e. The molecule has 0 fully saturated rings. The minimum Gasteiger partial charge on any atom is -0.468 e. The van der Waals surface area contributed by atoms with Gasteiger partial charge in [-0.25, -0.2) is 12.8 Å². The third-order valence-electron chi connectivity index (χ3n) is 3.64. The lowest BCUT2D eigenvalue weighted by Crippen LogP contribution is -2.43. The number of sulfonamides is 1. The Kier molecular flexibility index (Phi) is 6.63. The summed E-state index contributed by atoms with van der Waals surface area (Å²) in [7, 11) is -2.98. The summed E-state index contributed by atoms with van der Waals surface area (Å²) in [5.74, 6) is -1.22. The number of carbonyl (C=O) groups excluding carboxylic acids is 1. The van der Waals surface area contributed by atoms with Crippen LogP contribution in [0.2, 0.25) is 10.0 Å². The lowest BCUT2D eigenvalue weighted by atomic mass is 10.1. The number of ether oxygens (including phenoxy) is 1. The second-order valence-corrected chi connectivity index (χ2v) is 8.06. The Morgan fingerprint density at radius 1 is 1.19 bits per heavy atom. The fourth-order valence-corrected chi connectivity index (χ4v) is 4.28. The second kappa shape index (κ2) is 8.35. The number of nitrogens with one attached hydrogen (secondary N) is 1. The molecule has 0 aromatic heterocycles. The van der Waals surface area contributed by atoms with Gasteiger partial charge in [0, 0.05) is 5.02 Å². The first-order chi connectivity index (χ1) is 12.1. The molecule has 1 unspecified atom stereocenters. The summed E-state index contributed by atoms with van der Waals surface area (Å²) in [6.45, 7) is 1.63. The molecular weight excluding hydrogens is 404 g/mol. The lowest BCUT2D eigenvalue weighted by molar-refractivity contribution is -0.142. The highest BCUT2D eigenvalue weighted by molar-refractivity contribution is 7.89. The van der Waals surface area contributed by atoms with E-state index < -0.39 is 27.9 Å². The van der Waals surface area contributed by atoms with Gasteiger partial charge in [0.05, 0.1) is 12.1 Å². The van der Waals surface area contributed by atoms with Crippen molar-refractivity contribution < 1.29 is 22.3 Å². The van der Waals surface area contributed by atoms with Crippen LogP contribution >= 0.6 is 23.2 Å². The van der Waals surface area contributed by atoms with Crippen LogP contribution in [0, 0.1) is 12.7 Å². The number of halogens is 3. The van der Waals surface area contributed by atoms with E-state index in [4.69, 9.17) is 23.2 Å². The first-order valence-electron chi connectivity index (χ1n) is 7.44. The van der Waals surface area contributed by atoms with Crippen LogP contribution in [0.3, 0.4) is 0 Å². The standard InChI is InChI=1S/C17H16Cl2FNO4S/c1-10-7-16(14(19)9-13(10)18)26(23,24)21-15(17(22)25-2)8-11-3-5-12(20)6-4-11/h3-7,9,15,21H,8H2,1-2H3. The van der Waals surface area contributed by atoms with Crippen LogP contribution in [0.4, 0.5) is 4.39 Å². The van der Waals surface area contributed by atoms with Crippen LogP contribution < -0.4 is 4.72 Å². The topological polar surface area (TPSA) is 72.5 Å². The number of esters is 1. The Morgan fingerprint density at radius 2 is 1.81 bits per heavy atom. The van der Waals surface area contributed by atoms with Crippen LogP contribution in [0.1, 0.15) is 11.1 Å². The monoisotopic (exact) mass is 419 g/mol. The average Bonchev–Trinajstić information content (AvgIpc) is 2.58. The summed E-state index contributed by atoms with van der Waals surface area (Å²) in [5.41, 5.74) is 1.08. The molecule has 2 aromatic carbocycles. The highest BCUT2D eigenvalue weighted by Gasteiger charge is 2.28. The highest BCUT2D eigenvalue weighted by Crippen LogP contribution is 2.28. The maximum atomic E-state index is 13.0. The van der Waals surface area contributed by atoms with E-state index in [2.05, 4.69) is 9.46 Å². The number of methoxy groups -OCH3 is 1. The second-order valence-electron chi connectivity index (χ2n) is 5.56. The van der Waals surface area contributed by atoms with Crippen molar-refractivity contribution in [2.75, 3.05) is 7.11 Å². The predicted molar refractivity (Wildman–Crippen MR) is 97.4 cm³/mol. The highest BCUT2D eigenvalue weighted by atomic mass is 35.5. The molecule has 0 heterocycles. The van der Waals surface area contributed by atoms with Crippen LogP contribution in [0.25, 0.3) is 0 Å². The van der Waals surface area contributed by atoms with Gasteiger partial charge in [-0.3, -0.25) is 4.79 Å². The Morgan fingerprint density at radius 3 is 2.38 bits per heavy atom. The zero-order chi connectivity index (χ0) is 19.5. The minimum absolute atomic E-state index is 0.0175. The maximum absolute atomic E-state index is 13.0. The van der Waals surface area contributed by atoms with Crippen molar-refractivity contribution in [1.29, 1.82) is 0 Å². The molecule has 0 saturated heterocycles. The molecule has 0 spiro atoms. The van der Waals surface area contributed by atoms with Gasteiger partial charge in [-0.15, -0.1) is 0 Å². The molecular formula is C17H16Cl2FNO4S. The molecule has 0 aliphatic carbocycles. The van der Waals surface area contributed by atoms with Crippen LogP contribution in [-0.4, -0.2) is 27.5 Å². The van der Waals surface area contributed by atoms with Gasteiger partial charge in [-0.05, 0) is 48.7 Å². The van der Waals surface area contributed by atoms with Crippen molar-refractivity contribution in [2.45, 2.75) is 24.3 Å². The first-order valence-corrected chi connectivity index (χ1v) is 9.68. The van der Waals surface area contributed by atoms with Gasteiger partial charge in [0.2, 0.25) is 10.0 Å². The van der Waals surface area contributed by atoms with Crippen molar-refractivity contribution in [3.63, 3.8) is 0 Å².